The van der Waals surface area contributed by atoms with Gasteiger partial charge in [-0.2, -0.15) is 5.26 Å². The molecule has 1 aromatic carbocycles. The lowest BCUT2D eigenvalue weighted by molar-refractivity contribution is 0.864. The maximum atomic E-state index is 8.73. The van der Waals surface area contributed by atoms with Crippen LogP contribution in [0.5, 0.6) is 0 Å². The van der Waals surface area contributed by atoms with Crippen molar-refractivity contribution in [1.82, 2.24) is 9.55 Å². The van der Waals surface area contributed by atoms with Crippen molar-refractivity contribution in [3.8, 4) is 17.5 Å². The lowest BCUT2D eigenvalue weighted by Gasteiger charge is -2.03. The normalized spacial score (nSPS) is 10.2. The second-order valence-corrected chi connectivity index (χ2v) is 4.85. The van der Waals surface area contributed by atoms with Crippen LogP contribution in [0.4, 0.5) is 0 Å². The Hall–Kier alpha value is -1.31. The van der Waals surface area contributed by atoms with Crippen molar-refractivity contribution in [2.45, 2.75) is 6.42 Å². The summed E-state index contributed by atoms with van der Waals surface area (Å²) in [6.07, 6.45) is 0.263. The van der Waals surface area contributed by atoms with Gasteiger partial charge in [-0.1, -0.05) is 39.7 Å². The van der Waals surface area contributed by atoms with Crippen LogP contribution in [-0.4, -0.2) is 9.55 Å². The van der Waals surface area contributed by atoms with Gasteiger partial charge in [-0.15, -0.1) is 0 Å². The highest BCUT2D eigenvalue weighted by Gasteiger charge is 2.13. The zero-order valence-electron chi connectivity index (χ0n) is 9.11. The molecule has 0 radical (unpaired) electrons. The van der Waals surface area contributed by atoms with Crippen molar-refractivity contribution < 1.29 is 0 Å². The molecule has 1 aromatic heterocycles. The van der Waals surface area contributed by atoms with E-state index in [0.29, 0.717) is 5.15 Å². The van der Waals surface area contributed by atoms with E-state index >= 15 is 0 Å². The third-order valence-corrected chi connectivity index (χ3v) is 3.35. The summed E-state index contributed by atoms with van der Waals surface area (Å²) in [5.74, 6) is 0.771. The van der Waals surface area contributed by atoms with Gasteiger partial charge in [0.15, 0.2) is 5.15 Å². The first-order chi connectivity index (χ1) is 8.13. The molecular weight excluding hydrogens is 302 g/mol. The Bertz CT molecular complexity index is 581. The summed E-state index contributed by atoms with van der Waals surface area (Å²) in [5.41, 5.74) is 1.72. The first-order valence-corrected chi connectivity index (χ1v) is 6.14. The predicted molar refractivity (Wildman–Crippen MR) is 70.7 cm³/mol. The Kier molecular flexibility index (Phi) is 3.51. The molecule has 0 amide bonds. The summed E-state index contributed by atoms with van der Waals surface area (Å²) < 4.78 is 2.87. The highest BCUT2D eigenvalue weighted by Crippen LogP contribution is 2.25. The van der Waals surface area contributed by atoms with Crippen molar-refractivity contribution in [3.05, 3.63) is 39.6 Å². The van der Waals surface area contributed by atoms with E-state index in [1.807, 2.05) is 35.9 Å². The molecule has 0 saturated heterocycles. The second-order valence-electron chi connectivity index (χ2n) is 3.57. The molecule has 86 valence electrons. The van der Waals surface area contributed by atoms with Crippen LogP contribution in [0.25, 0.3) is 11.4 Å². The summed E-state index contributed by atoms with van der Waals surface area (Å²) in [7, 11) is 1.86. The highest BCUT2D eigenvalue weighted by molar-refractivity contribution is 9.10. The highest BCUT2D eigenvalue weighted by atomic mass is 79.9. The number of nitriles is 1. The maximum Gasteiger partial charge on any atom is 0.152 e. The minimum absolute atomic E-state index is 0.263. The number of rotatable bonds is 2. The molecule has 0 spiro atoms. The Morgan fingerprint density at radius 2 is 2.06 bits per heavy atom. The van der Waals surface area contributed by atoms with Gasteiger partial charge in [-0.3, -0.25) is 0 Å². The molecule has 0 aliphatic heterocycles. The summed E-state index contributed by atoms with van der Waals surface area (Å²) in [6.45, 7) is 0. The van der Waals surface area contributed by atoms with E-state index in [0.717, 1.165) is 21.6 Å². The van der Waals surface area contributed by atoms with Crippen LogP contribution in [0, 0.1) is 11.3 Å². The molecule has 0 fully saturated rings. The molecule has 17 heavy (non-hydrogen) atoms. The number of hydrogen-bond acceptors (Lipinski definition) is 2. The van der Waals surface area contributed by atoms with Gasteiger partial charge >= 0.3 is 0 Å². The Balaban J connectivity index is 2.50. The first kappa shape index (κ1) is 12.2. The van der Waals surface area contributed by atoms with Crippen molar-refractivity contribution >= 4 is 27.5 Å². The molecule has 5 heteroatoms. The zero-order chi connectivity index (χ0) is 12.4. The van der Waals surface area contributed by atoms with Crippen LogP contribution >= 0.6 is 27.5 Å². The lowest BCUT2D eigenvalue weighted by atomic mass is 10.2. The summed E-state index contributed by atoms with van der Waals surface area (Å²) in [6, 6.07) is 9.89. The van der Waals surface area contributed by atoms with Gasteiger partial charge in [0.25, 0.3) is 0 Å². The third kappa shape index (κ3) is 2.36. The molecule has 0 bridgehead atoms. The number of aromatic nitrogens is 2. The smallest absolute Gasteiger partial charge is 0.152 e. The van der Waals surface area contributed by atoms with Crippen LogP contribution < -0.4 is 0 Å². The van der Waals surface area contributed by atoms with Gasteiger partial charge in [-0.25, -0.2) is 4.98 Å². The molecule has 2 aromatic rings. The largest absolute Gasteiger partial charge is 0.329 e. The minimum Gasteiger partial charge on any atom is -0.329 e. The van der Waals surface area contributed by atoms with Crippen LogP contribution in [0.1, 0.15) is 5.69 Å². The van der Waals surface area contributed by atoms with Gasteiger partial charge in [0.05, 0.1) is 18.2 Å². The van der Waals surface area contributed by atoms with Crippen molar-refractivity contribution in [2.75, 3.05) is 0 Å². The number of imidazole rings is 1. The molecule has 0 aliphatic carbocycles. The zero-order valence-corrected chi connectivity index (χ0v) is 11.5. The fourth-order valence-corrected chi connectivity index (χ4v) is 2.16. The van der Waals surface area contributed by atoms with Crippen LogP contribution in [0.15, 0.2) is 28.7 Å². The summed E-state index contributed by atoms with van der Waals surface area (Å²) in [4.78, 5) is 4.29. The van der Waals surface area contributed by atoms with E-state index < -0.39 is 0 Å². The van der Waals surface area contributed by atoms with E-state index in [1.54, 1.807) is 0 Å². The fraction of sp³-hybridized carbons (Fsp3) is 0.167. The van der Waals surface area contributed by atoms with E-state index in [1.165, 1.54) is 0 Å². The minimum atomic E-state index is 0.263. The summed E-state index contributed by atoms with van der Waals surface area (Å²) >= 11 is 9.40. The van der Waals surface area contributed by atoms with Gasteiger partial charge in [0, 0.05) is 17.1 Å². The van der Waals surface area contributed by atoms with E-state index in [2.05, 4.69) is 27.0 Å². The van der Waals surface area contributed by atoms with Crippen LogP contribution in [0.2, 0.25) is 5.15 Å². The maximum absolute atomic E-state index is 8.73. The average Bonchev–Trinajstić information content (AvgIpc) is 2.59. The van der Waals surface area contributed by atoms with Gasteiger partial charge in [0.1, 0.15) is 5.82 Å². The molecule has 0 N–H and O–H groups in total. The molecule has 0 aliphatic rings. The molecule has 0 saturated carbocycles. The SMILES string of the molecule is Cn1c(-c2ccc(Br)cc2)nc(Cl)c1CC#N. The monoisotopic (exact) mass is 309 g/mol. The van der Waals surface area contributed by atoms with E-state index in [-0.39, 0.29) is 6.42 Å². The third-order valence-electron chi connectivity index (χ3n) is 2.51. The predicted octanol–water partition coefficient (Wildman–Crippen LogP) is 3.57. The van der Waals surface area contributed by atoms with E-state index in [4.69, 9.17) is 16.9 Å². The van der Waals surface area contributed by atoms with Crippen molar-refractivity contribution in [3.63, 3.8) is 0 Å². The molecule has 0 unspecified atom stereocenters. The molecule has 1 heterocycles. The molecule has 0 atom stereocenters. The quantitative estimate of drug-likeness (QED) is 0.851. The van der Waals surface area contributed by atoms with E-state index in [9.17, 15) is 0 Å². The first-order valence-electron chi connectivity index (χ1n) is 4.97. The van der Waals surface area contributed by atoms with Crippen LogP contribution in [0.3, 0.4) is 0 Å². The Morgan fingerprint density at radius 3 is 2.65 bits per heavy atom. The van der Waals surface area contributed by atoms with Gasteiger partial charge in [-0.05, 0) is 12.1 Å². The lowest BCUT2D eigenvalue weighted by Crippen LogP contribution is -1.98. The number of benzene rings is 1. The molecular formula is C12H9BrClN3. The topological polar surface area (TPSA) is 41.6 Å². The fourth-order valence-electron chi connectivity index (χ4n) is 1.62. The van der Waals surface area contributed by atoms with Gasteiger partial charge < -0.3 is 4.57 Å². The standard InChI is InChI=1S/C12H9BrClN3/c1-17-10(6-7-15)11(14)16-12(17)8-2-4-9(13)5-3-8/h2-5H,6H2,1H3. The molecule has 2 rings (SSSR count). The van der Waals surface area contributed by atoms with Crippen LogP contribution in [-0.2, 0) is 13.5 Å². The summed E-state index contributed by atoms with van der Waals surface area (Å²) in [5, 5.41) is 9.12. The number of halogens is 2. The molecule has 3 nitrogen and oxygen atoms in total. The van der Waals surface area contributed by atoms with Crippen molar-refractivity contribution in [1.29, 1.82) is 5.26 Å². The number of hydrogen-bond donors (Lipinski definition) is 0. The second kappa shape index (κ2) is 4.91. The number of nitrogens with zero attached hydrogens (tertiary/aromatic N) is 3. The average molecular weight is 311 g/mol. The van der Waals surface area contributed by atoms with Crippen molar-refractivity contribution in [2.24, 2.45) is 7.05 Å². The Morgan fingerprint density at radius 1 is 1.41 bits per heavy atom. The van der Waals surface area contributed by atoms with Gasteiger partial charge in [0.2, 0.25) is 0 Å². The Labute approximate surface area is 113 Å².